The van der Waals surface area contributed by atoms with Crippen LogP contribution in [0, 0.1) is 0 Å². The van der Waals surface area contributed by atoms with Crippen molar-refractivity contribution in [2.45, 2.75) is 30.9 Å². The number of phenolic OH excluding ortho intramolecular Hbond substituents is 1. The van der Waals surface area contributed by atoms with Gasteiger partial charge in [-0.2, -0.15) is 13.2 Å². The summed E-state index contributed by atoms with van der Waals surface area (Å²) in [6.07, 6.45) is -1.98. The third-order valence-electron chi connectivity index (χ3n) is 3.60. The van der Waals surface area contributed by atoms with Gasteiger partial charge in [0.1, 0.15) is 5.75 Å². The van der Waals surface area contributed by atoms with Crippen molar-refractivity contribution in [3.8, 4) is 5.75 Å². The quantitative estimate of drug-likeness (QED) is 0.841. The number of nitrogens with two attached hydrogens (primary N) is 1. The van der Waals surface area contributed by atoms with Gasteiger partial charge in [0.05, 0.1) is 5.56 Å². The first-order valence-electron chi connectivity index (χ1n) is 5.50. The fourth-order valence-electron chi connectivity index (χ4n) is 2.32. The largest absolute Gasteiger partial charge is 0.508 e. The van der Waals surface area contributed by atoms with E-state index in [1.165, 1.54) is 0 Å². The van der Waals surface area contributed by atoms with Gasteiger partial charge in [-0.25, -0.2) is 0 Å². The Morgan fingerprint density at radius 3 is 2.35 bits per heavy atom. The fourth-order valence-corrected chi connectivity index (χ4v) is 2.32. The minimum Gasteiger partial charge on any atom is -0.508 e. The molecule has 5 heteroatoms. The van der Waals surface area contributed by atoms with E-state index in [1.807, 2.05) is 0 Å². The second kappa shape index (κ2) is 3.91. The Morgan fingerprint density at radius 2 is 1.94 bits per heavy atom. The van der Waals surface area contributed by atoms with Crippen LogP contribution in [0.1, 0.15) is 30.4 Å². The second-order valence-corrected chi connectivity index (χ2v) is 4.57. The molecular formula is C12H14F3NO. The maximum Gasteiger partial charge on any atom is 0.416 e. The molecule has 3 N–H and O–H groups in total. The molecule has 1 aliphatic rings. The minimum absolute atomic E-state index is 0.0943. The van der Waals surface area contributed by atoms with Gasteiger partial charge in [-0.3, -0.25) is 0 Å². The standard InChI is InChI=1S/C12H14F3NO/c13-12(14,15)8-2-3-10(17)9(6-8)11(7-16)4-1-5-11/h2-3,6,17H,1,4-5,7,16H2. The monoisotopic (exact) mass is 245 g/mol. The lowest BCUT2D eigenvalue weighted by Crippen LogP contribution is -2.41. The average Bonchev–Trinajstić information content (AvgIpc) is 2.18. The summed E-state index contributed by atoms with van der Waals surface area (Å²) >= 11 is 0. The van der Waals surface area contributed by atoms with Gasteiger partial charge in [-0.1, -0.05) is 6.42 Å². The van der Waals surface area contributed by atoms with E-state index in [0.717, 1.165) is 37.5 Å². The molecule has 0 aromatic heterocycles. The topological polar surface area (TPSA) is 46.2 Å². The van der Waals surface area contributed by atoms with Crippen molar-refractivity contribution in [3.63, 3.8) is 0 Å². The normalized spacial score (nSPS) is 18.8. The first-order chi connectivity index (χ1) is 7.89. The van der Waals surface area contributed by atoms with E-state index in [-0.39, 0.29) is 12.3 Å². The Balaban J connectivity index is 2.46. The van der Waals surface area contributed by atoms with E-state index in [2.05, 4.69) is 0 Å². The van der Waals surface area contributed by atoms with Crippen LogP contribution < -0.4 is 5.73 Å². The van der Waals surface area contributed by atoms with Crippen molar-refractivity contribution in [3.05, 3.63) is 29.3 Å². The van der Waals surface area contributed by atoms with Crippen molar-refractivity contribution in [2.75, 3.05) is 6.54 Å². The van der Waals surface area contributed by atoms with Crippen LogP contribution in [-0.4, -0.2) is 11.7 Å². The Kier molecular flexibility index (Phi) is 2.81. The smallest absolute Gasteiger partial charge is 0.416 e. The van der Waals surface area contributed by atoms with Gasteiger partial charge in [0, 0.05) is 17.5 Å². The number of benzene rings is 1. The summed E-state index contributed by atoms with van der Waals surface area (Å²) in [6.45, 7) is 0.266. The van der Waals surface area contributed by atoms with Crippen molar-refractivity contribution >= 4 is 0 Å². The number of aromatic hydroxyl groups is 1. The fraction of sp³-hybridized carbons (Fsp3) is 0.500. The SMILES string of the molecule is NCC1(c2cc(C(F)(F)F)ccc2O)CCC1. The molecule has 1 aromatic rings. The summed E-state index contributed by atoms with van der Waals surface area (Å²) in [5.74, 6) is -0.0943. The van der Waals surface area contributed by atoms with Gasteiger partial charge in [-0.05, 0) is 31.0 Å². The molecule has 1 aliphatic carbocycles. The number of rotatable bonds is 2. The molecule has 0 heterocycles. The molecule has 2 nitrogen and oxygen atoms in total. The molecule has 0 radical (unpaired) electrons. The summed E-state index contributed by atoms with van der Waals surface area (Å²) < 4.78 is 37.8. The molecule has 2 rings (SSSR count). The van der Waals surface area contributed by atoms with E-state index < -0.39 is 17.2 Å². The zero-order valence-corrected chi connectivity index (χ0v) is 9.22. The predicted octanol–water partition coefficient (Wildman–Crippen LogP) is 2.79. The molecule has 0 bridgehead atoms. The van der Waals surface area contributed by atoms with E-state index in [1.54, 1.807) is 0 Å². The summed E-state index contributed by atoms with van der Waals surface area (Å²) in [6, 6.07) is 3.02. The van der Waals surface area contributed by atoms with E-state index in [9.17, 15) is 18.3 Å². The lowest BCUT2D eigenvalue weighted by molar-refractivity contribution is -0.137. The molecule has 1 saturated carbocycles. The lowest BCUT2D eigenvalue weighted by Gasteiger charge is -2.42. The van der Waals surface area contributed by atoms with Gasteiger partial charge < -0.3 is 10.8 Å². The van der Waals surface area contributed by atoms with Gasteiger partial charge in [0.25, 0.3) is 0 Å². The molecule has 1 fully saturated rings. The van der Waals surface area contributed by atoms with Crippen LogP contribution >= 0.6 is 0 Å². The van der Waals surface area contributed by atoms with Crippen molar-refractivity contribution in [1.29, 1.82) is 0 Å². The Morgan fingerprint density at radius 1 is 1.29 bits per heavy atom. The van der Waals surface area contributed by atoms with Crippen molar-refractivity contribution in [1.82, 2.24) is 0 Å². The number of halogens is 3. The molecule has 1 aromatic carbocycles. The maximum atomic E-state index is 12.6. The highest BCUT2D eigenvalue weighted by atomic mass is 19.4. The molecule has 0 spiro atoms. The van der Waals surface area contributed by atoms with Crippen LogP contribution in [0.4, 0.5) is 13.2 Å². The Bertz CT molecular complexity index is 419. The highest BCUT2D eigenvalue weighted by molar-refractivity contribution is 5.44. The third-order valence-corrected chi connectivity index (χ3v) is 3.60. The number of alkyl halides is 3. The van der Waals surface area contributed by atoms with Crippen LogP contribution in [0.25, 0.3) is 0 Å². The average molecular weight is 245 g/mol. The van der Waals surface area contributed by atoms with Crippen LogP contribution in [0.5, 0.6) is 5.75 Å². The number of phenols is 1. The molecule has 17 heavy (non-hydrogen) atoms. The van der Waals surface area contributed by atoms with Gasteiger partial charge in [-0.15, -0.1) is 0 Å². The highest BCUT2D eigenvalue weighted by Crippen LogP contribution is 2.47. The van der Waals surface area contributed by atoms with E-state index in [4.69, 9.17) is 5.73 Å². The molecule has 0 aliphatic heterocycles. The van der Waals surface area contributed by atoms with Crippen LogP contribution in [0.2, 0.25) is 0 Å². The number of hydrogen-bond acceptors (Lipinski definition) is 2. The second-order valence-electron chi connectivity index (χ2n) is 4.57. The summed E-state index contributed by atoms with van der Waals surface area (Å²) in [4.78, 5) is 0. The zero-order chi connectivity index (χ0) is 12.7. The Labute approximate surface area is 97.2 Å². The Hall–Kier alpha value is -1.23. The van der Waals surface area contributed by atoms with Crippen LogP contribution in [-0.2, 0) is 11.6 Å². The molecule has 94 valence electrons. The van der Waals surface area contributed by atoms with Gasteiger partial charge in [0.15, 0.2) is 0 Å². The molecule has 0 atom stereocenters. The summed E-state index contributed by atoms with van der Waals surface area (Å²) in [5, 5.41) is 9.71. The predicted molar refractivity (Wildman–Crippen MR) is 57.7 cm³/mol. The molecule has 0 amide bonds. The van der Waals surface area contributed by atoms with E-state index >= 15 is 0 Å². The summed E-state index contributed by atoms with van der Waals surface area (Å²) in [7, 11) is 0. The van der Waals surface area contributed by atoms with Crippen molar-refractivity contribution < 1.29 is 18.3 Å². The van der Waals surface area contributed by atoms with Gasteiger partial charge >= 0.3 is 6.18 Å². The van der Waals surface area contributed by atoms with Crippen LogP contribution in [0.3, 0.4) is 0 Å². The van der Waals surface area contributed by atoms with Crippen LogP contribution in [0.15, 0.2) is 18.2 Å². The van der Waals surface area contributed by atoms with E-state index in [0.29, 0.717) is 5.56 Å². The maximum absolute atomic E-state index is 12.6. The molecular weight excluding hydrogens is 231 g/mol. The highest BCUT2D eigenvalue weighted by Gasteiger charge is 2.41. The lowest BCUT2D eigenvalue weighted by atomic mass is 9.64. The molecule has 0 saturated heterocycles. The first kappa shape index (κ1) is 12.2. The zero-order valence-electron chi connectivity index (χ0n) is 9.22. The summed E-state index contributed by atoms with van der Waals surface area (Å²) in [5.41, 5.74) is 4.77. The van der Waals surface area contributed by atoms with Gasteiger partial charge in [0.2, 0.25) is 0 Å². The van der Waals surface area contributed by atoms with Crippen molar-refractivity contribution in [2.24, 2.45) is 5.73 Å². The minimum atomic E-state index is -4.39. The first-order valence-corrected chi connectivity index (χ1v) is 5.50. The third kappa shape index (κ3) is 1.99. The number of hydrogen-bond donors (Lipinski definition) is 2. The molecule has 0 unspecified atom stereocenters.